The van der Waals surface area contributed by atoms with Crippen LogP contribution in [0.15, 0.2) is 24.3 Å². The standard InChI is InChI=1S/C14H22N2O3/c1-3-19-13-7-5-4-6-12(13)10-16-14(17)11-15-8-9-18-2/h4-7,15H,3,8-11H2,1-2H3,(H,16,17). The quantitative estimate of drug-likeness (QED) is 0.653. The molecule has 0 aromatic heterocycles. The van der Waals surface area contributed by atoms with E-state index in [0.29, 0.717) is 32.8 Å². The van der Waals surface area contributed by atoms with Gasteiger partial charge in [0.05, 0.1) is 19.8 Å². The van der Waals surface area contributed by atoms with Crippen LogP contribution < -0.4 is 15.4 Å². The summed E-state index contributed by atoms with van der Waals surface area (Å²) in [5, 5.41) is 5.85. The minimum atomic E-state index is -0.0394. The second-order valence-corrected chi connectivity index (χ2v) is 3.99. The molecule has 19 heavy (non-hydrogen) atoms. The Morgan fingerprint density at radius 1 is 1.32 bits per heavy atom. The van der Waals surface area contributed by atoms with Gasteiger partial charge in [0.1, 0.15) is 5.75 Å². The average molecular weight is 266 g/mol. The summed E-state index contributed by atoms with van der Waals surface area (Å²) in [5.74, 6) is 0.778. The molecule has 1 rings (SSSR count). The maximum atomic E-state index is 11.6. The molecule has 0 saturated heterocycles. The van der Waals surface area contributed by atoms with Crippen LogP contribution in [0.3, 0.4) is 0 Å². The van der Waals surface area contributed by atoms with E-state index in [2.05, 4.69) is 10.6 Å². The molecule has 106 valence electrons. The zero-order valence-corrected chi connectivity index (χ0v) is 11.6. The number of nitrogens with one attached hydrogen (secondary N) is 2. The Morgan fingerprint density at radius 3 is 2.84 bits per heavy atom. The van der Waals surface area contributed by atoms with Crippen molar-refractivity contribution in [2.45, 2.75) is 13.5 Å². The van der Waals surface area contributed by atoms with E-state index in [0.717, 1.165) is 11.3 Å². The highest BCUT2D eigenvalue weighted by Crippen LogP contribution is 2.17. The topological polar surface area (TPSA) is 59.6 Å². The largest absolute Gasteiger partial charge is 0.494 e. The summed E-state index contributed by atoms with van der Waals surface area (Å²) in [6.07, 6.45) is 0. The number of benzene rings is 1. The Kier molecular flexibility index (Phi) is 7.62. The highest BCUT2D eigenvalue weighted by Gasteiger charge is 2.04. The molecule has 0 heterocycles. The second kappa shape index (κ2) is 9.35. The maximum absolute atomic E-state index is 11.6. The fourth-order valence-electron chi connectivity index (χ4n) is 1.58. The van der Waals surface area contributed by atoms with Gasteiger partial charge in [0.2, 0.25) is 5.91 Å². The van der Waals surface area contributed by atoms with Crippen molar-refractivity contribution in [1.82, 2.24) is 10.6 Å². The van der Waals surface area contributed by atoms with Crippen LogP contribution in [0.5, 0.6) is 5.75 Å². The zero-order valence-electron chi connectivity index (χ0n) is 11.6. The number of carbonyl (C=O) groups excluding carboxylic acids is 1. The van der Waals surface area contributed by atoms with Crippen LogP contribution in [-0.2, 0) is 16.1 Å². The molecule has 0 fully saturated rings. The molecule has 0 aliphatic rings. The number of methoxy groups -OCH3 is 1. The first-order valence-electron chi connectivity index (χ1n) is 6.45. The Balaban J connectivity index is 2.33. The highest BCUT2D eigenvalue weighted by molar-refractivity contribution is 5.78. The Morgan fingerprint density at radius 2 is 2.11 bits per heavy atom. The molecule has 0 atom stereocenters. The van der Waals surface area contributed by atoms with Crippen molar-refractivity contribution < 1.29 is 14.3 Å². The number of hydrogen-bond acceptors (Lipinski definition) is 4. The molecule has 1 aromatic carbocycles. The van der Waals surface area contributed by atoms with Crippen molar-refractivity contribution in [3.8, 4) is 5.75 Å². The molecule has 1 amide bonds. The van der Waals surface area contributed by atoms with E-state index < -0.39 is 0 Å². The van der Waals surface area contributed by atoms with Gasteiger partial charge >= 0.3 is 0 Å². The third kappa shape index (κ3) is 6.22. The summed E-state index contributed by atoms with van der Waals surface area (Å²) >= 11 is 0. The zero-order chi connectivity index (χ0) is 13.9. The van der Waals surface area contributed by atoms with Crippen LogP contribution in [0.25, 0.3) is 0 Å². The lowest BCUT2D eigenvalue weighted by Crippen LogP contribution is -2.34. The first kappa shape index (κ1) is 15.5. The van der Waals surface area contributed by atoms with Crippen LogP contribution in [0, 0.1) is 0 Å². The van der Waals surface area contributed by atoms with Gasteiger partial charge in [0, 0.05) is 25.8 Å². The molecule has 0 aliphatic heterocycles. The molecule has 0 spiro atoms. The summed E-state index contributed by atoms with van der Waals surface area (Å²) in [6.45, 7) is 4.58. The molecule has 5 heteroatoms. The van der Waals surface area contributed by atoms with Gasteiger partial charge in [-0.2, -0.15) is 0 Å². The van der Waals surface area contributed by atoms with Crippen LogP contribution >= 0.6 is 0 Å². The van der Waals surface area contributed by atoms with Gasteiger partial charge < -0.3 is 20.1 Å². The molecule has 2 N–H and O–H groups in total. The van der Waals surface area contributed by atoms with E-state index in [9.17, 15) is 4.79 Å². The number of para-hydroxylation sites is 1. The van der Waals surface area contributed by atoms with Crippen LogP contribution in [0.2, 0.25) is 0 Å². The van der Waals surface area contributed by atoms with Crippen molar-refractivity contribution in [3.63, 3.8) is 0 Å². The summed E-state index contributed by atoms with van der Waals surface area (Å²) in [7, 11) is 1.63. The fraction of sp³-hybridized carbons (Fsp3) is 0.500. The lowest BCUT2D eigenvalue weighted by molar-refractivity contribution is -0.120. The third-order valence-electron chi connectivity index (χ3n) is 2.52. The van der Waals surface area contributed by atoms with Gasteiger partial charge in [-0.15, -0.1) is 0 Å². The number of hydrogen-bond donors (Lipinski definition) is 2. The fourth-order valence-corrected chi connectivity index (χ4v) is 1.58. The first-order valence-corrected chi connectivity index (χ1v) is 6.45. The summed E-state index contributed by atoms with van der Waals surface area (Å²) in [5.41, 5.74) is 0.981. The summed E-state index contributed by atoms with van der Waals surface area (Å²) < 4.78 is 10.4. The number of ether oxygens (including phenoxy) is 2. The number of rotatable bonds is 9. The molecule has 1 aromatic rings. The van der Waals surface area contributed by atoms with Crippen LogP contribution in [-0.4, -0.2) is 39.3 Å². The number of amides is 1. The van der Waals surface area contributed by atoms with E-state index in [-0.39, 0.29) is 5.91 Å². The molecule has 0 radical (unpaired) electrons. The van der Waals surface area contributed by atoms with Gasteiger partial charge in [-0.1, -0.05) is 18.2 Å². The smallest absolute Gasteiger partial charge is 0.234 e. The molecule has 5 nitrogen and oxygen atoms in total. The summed E-state index contributed by atoms with van der Waals surface area (Å²) in [6, 6.07) is 7.70. The van der Waals surface area contributed by atoms with Gasteiger partial charge in [-0.05, 0) is 13.0 Å². The van der Waals surface area contributed by atoms with Gasteiger partial charge in [-0.3, -0.25) is 4.79 Å². The average Bonchev–Trinajstić information content (AvgIpc) is 2.43. The monoisotopic (exact) mass is 266 g/mol. The molecule has 0 saturated carbocycles. The van der Waals surface area contributed by atoms with Crippen molar-refractivity contribution in [2.24, 2.45) is 0 Å². The molecule has 0 aliphatic carbocycles. The molecule has 0 unspecified atom stereocenters. The van der Waals surface area contributed by atoms with Gasteiger partial charge in [0.15, 0.2) is 0 Å². The normalized spacial score (nSPS) is 10.2. The van der Waals surface area contributed by atoms with Crippen molar-refractivity contribution in [1.29, 1.82) is 0 Å². The minimum absolute atomic E-state index is 0.0394. The lowest BCUT2D eigenvalue weighted by atomic mass is 10.2. The first-order chi connectivity index (χ1) is 9.27. The van der Waals surface area contributed by atoms with E-state index in [4.69, 9.17) is 9.47 Å². The van der Waals surface area contributed by atoms with E-state index >= 15 is 0 Å². The maximum Gasteiger partial charge on any atom is 0.234 e. The van der Waals surface area contributed by atoms with E-state index in [1.165, 1.54) is 0 Å². The lowest BCUT2D eigenvalue weighted by Gasteiger charge is -2.11. The summed E-state index contributed by atoms with van der Waals surface area (Å²) in [4.78, 5) is 11.6. The molecule has 0 bridgehead atoms. The van der Waals surface area contributed by atoms with Crippen molar-refractivity contribution in [3.05, 3.63) is 29.8 Å². The predicted molar refractivity (Wildman–Crippen MR) is 74.2 cm³/mol. The SMILES string of the molecule is CCOc1ccccc1CNC(=O)CNCCOC. The van der Waals surface area contributed by atoms with Gasteiger partial charge in [0.25, 0.3) is 0 Å². The molecular weight excluding hydrogens is 244 g/mol. The Labute approximate surface area is 114 Å². The van der Waals surface area contributed by atoms with E-state index in [1.807, 2.05) is 31.2 Å². The van der Waals surface area contributed by atoms with Crippen LogP contribution in [0.4, 0.5) is 0 Å². The molecular formula is C14H22N2O3. The predicted octanol–water partition coefficient (Wildman–Crippen LogP) is 0.937. The van der Waals surface area contributed by atoms with Crippen LogP contribution in [0.1, 0.15) is 12.5 Å². The van der Waals surface area contributed by atoms with Gasteiger partial charge in [-0.25, -0.2) is 0 Å². The van der Waals surface area contributed by atoms with E-state index in [1.54, 1.807) is 7.11 Å². The van der Waals surface area contributed by atoms with Crippen molar-refractivity contribution in [2.75, 3.05) is 33.4 Å². The van der Waals surface area contributed by atoms with Crippen molar-refractivity contribution >= 4 is 5.91 Å². The second-order valence-electron chi connectivity index (χ2n) is 3.99. The Hall–Kier alpha value is -1.59. The minimum Gasteiger partial charge on any atom is -0.494 e. The highest BCUT2D eigenvalue weighted by atomic mass is 16.5. The third-order valence-corrected chi connectivity index (χ3v) is 2.52. The Bertz CT molecular complexity index is 383. The number of carbonyl (C=O) groups is 1.